The largest absolute Gasteiger partial charge is 0.454 e. The number of aryl methyl sites for hydroxylation is 1. The van der Waals surface area contributed by atoms with Gasteiger partial charge in [-0.1, -0.05) is 6.07 Å². The van der Waals surface area contributed by atoms with E-state index in [1.54, 1.807) is 0 Å². The maximum atomic E-state index is 5.43. The van der Waals surface area contributed by atoms with Gasteiger partial charge in [-0.05, 0) is 38.5 Å². The van der Waals surface area contributed by atoms with E-state index in [-0.39, 0.29) is 12.1 Å². The Morgan fingerprint density at radius 3 is 2.71 bits per heavy atom. The SMILES string of the molecule is CCn1cc(C(C)NC(C)c2ccc3c(c2)OCO3)cn1. The Labute approximate surface area is 124 Å². The highest BCUT2D eigenvalue weighted by Gasteiger charge is 2.17. The topological polar surface area (TPSA) is 48.3 Å². The first-order chi connectivity index (χ1) is 10.2. The number of benzene rings is 1. The van der Waals surface area contributed by atoms with E-state index in [0.29, 0.717) is 6.79 Å². The summed E-state index contributed by atoms with van der Waals surface area (Å²) >= 11 is 0. The van der Waals surface area contributed by atoms with E-state index in [4.69, 9.17) is 9.47 Å². The third-order valence-corrected chi connectivity index (χ3v) is 3.87. The van der Waals surface area contributed by atoms with E-state index in [0.717, 1.165) is 18.0 Å². The van der Waals surface area contributed by atoms with Gasteiger partial charge in [0.15, 0.2) is 11.5 Å². The number of rotatable bonds is 5. The molecule has 5 nitrogen and oxygen atoms in total. The lowest BCUT2D eigenvalue weighted by Crippen LogP contribution is -2.22. The van der Waals surface area contributed by atoms with Gasteiger partial charge >= 0.3 is 0 Å². The van der Waals surface area contributed by atoms with Crippen LogP contribution in [-0.2, 0) is 6.54 Å². The minimum absolute atomic E-state index is 0.222. The minimum Gasteiger partial charge on any atom is -0.454 e. The van der Waals surface area contributed by atoms with Crippen LogP contribution in [0.25, 0.3) is 0 Å². The van der Waals surface area contributed by atoms with Gasteiger partial charge in [-0.15, -0.1) is 0 Å². The van der Waals surface area contributed by atoms with Crippen molar-refractivity contribution in [2.45, 2.75) is 39.4 Å². The highest BCUT2D eigenvalue weighted by Crippen LogP contribution is 2.34. The number of fused-ring (bicyclic) bond motifs is 1. The van der Waals surface area contributed by atoms with Gasteiger partial charge in [-0.3, -0.25) is 4.68 Å². The molecular formula is C16H21N3O2. The number of nitrogens with one attached hydrogen (secondary N) is 1. The Hall–Kier alpha value is -2.01. The average Bonchev–Trinajstić information content (AvgIpc) is 3.15. The highest BCUT2D eigenvalue weighted by atomic mass is 16.7. The maximum absolute atomic E-state index is 5.43. The van der Waals surface area contributed by atoms with E-state index in [9.17, 15) is 0 Å². The molecule has 0 fully saturated rings. The Bertz CT molecular complexity index is 624. The number of nitrogens with zero attached hydrogens (tertiary/aromatic N) is 2. The molecule has 2 atom stereocenters. The monoisotopic (exact) mass is 287 g/mol. The van der Waals surface area contributed by atoms with Crippen molar-refractivity contribution in [3.8, 4) is 11.5 Å². The van der Waals surface area contributed by atoms with Gasteiger partial charge in [0.05, 0.1) is 6.20 Å². The summed E-state index contributed by atoms with van der Waals surface area (Å²) in [6.45, 7) is 7.60. The lowest BCUT2D eigenvalue weighted by molar-refractivity contribution is 0.174. The second kappa shape index (κ2) is 5.77. The second-order valence-electron chi connectivity index (χ2n) is 5.35. The summed E-state index contributed by atoms with van der Waals surface area (Å²) < 4.78 is 12.7. The van der Waals surface area contributed by atoms with Crippen LogP contribution in [0.3, 0.4) is 0 Å². The zero-order valence-corrected chi connectivity index (χ0v) is 12.7. The van der Waals surface area contributed by atoms with Crippen LogP contribution >= 0.6 is 0 Å². The third-order valence-electron chi connectivity index (χ3n) is 3.87. The molecule has 1 aromatic carbocycles. The Morgan fingerprint density at radius 1 is 1.19 bits per heavy atom. The minimum atomic E-state index is 0.222. The van der Waals surface area contributed by atoms with E-state index in [2.05, 4.69) is 43.4 Å². The molecule has 1 N–H and O–H groups in total. The zero-order valence-electron chi connectivity index (χ0n) is 12.7. The molecule has 21 heavy (non-hydrogen) atoms. The smallest absolute Gasteiger partial charge is 0.231 e. The molecule has 0 saturated heterocycles. The summed E-state index contributed by atoms with van der Waals surface area (Å²) in [4.78, 5) is 0. The van der Waals surface area contributed by atoms with Crippen LogP contribution in [-0.4, -0.2) is 16.6 Å². The van der Waals surface area contributed by atoms with Crippen LogP contribution in [0.15, 0.2) is 30.6 Å². The van der Waals surface area contributed by atoms with Crippen LogP contribution < -0.4 is 14.8 Å². The molecule has 2 heterocycles. The van der Waals surface area contributed by atoms with Crippen molar-refractivity contribution in [2.75, 3.05) is 6.79 Å². The molecule has 0 spiro atoms. The van der Waals surface area contributed by atoms with E-state index in [1.165, 1.54) is 11.1 Å². The summed E-state index contributed by atoms with van der Waals surface area (Å²) in [6.07, 6.45) is 4.01. The molecule has 1 aromatic heterocycles. The summed E-state index contributed by atoms with van der Waals surface area (Å²) in [5.74, 6) is 1.65. The standard InChI is InChI=1S/C16H21N3O2/c1-4-19-9-14(8-17-19)12(3)18-11(2)13-5-6-15-16(7-13)21-10-20-15/h5-9,11-12,18H,4,10H2,1-3H3. The van der Waals surface area contributed by atoms with Crippen LogP contribution in [0, 0.1) is 0 Å². The Kier molecular flexibility index (Phi) is 3.84. The predicted molar refractivity (Wildman–Crippen MR) is 80.4 cm³/mol. The fourth-order valence-corrected chi connectivity index (χ4v) is 2.53. The van der Waals surface area contributed by atoms with Gasteiger partial charge in [-0.25, -0.2) is 0 Å². The number of hydrogen-bond acceptors (Lipinski definition) is 4. The maximum Gasteiger partial charge on any atom is 0.231 e. The van der Waals surface area contributed by atoms with Gasteiger partial charge in [0.25, 0.3) is 0 Å². The van der Waals surface area contributed by atoms with Crippen LogP contribution in [0.4, 0.5) is 0 Å². The first-order valence-electron chi connectivity index (χ1n) is 7.35. The highest BCUT2D eigenvalue weighted by molar-refractivity contribution is 5.45. The molecule has 0 saturated carbocycles. The first kappa shape index (κ1) is 13.9. The van der Waals surface area contributed by atoms with Gasteiger partial charge in [0.2, 0.25) is 6.79 Å². The quantitative estimate of drug-likeness (QED) is 0.918. The van der Waals surface area contributed by atoms with Crippen molar-refractivity contribution in [1.82, 2.24) is 15.1 Å². The first-order valence-corrected chi connectivity index (χ1v) is 7.35. The molecule has 112 valence electrons. The van der Waals surface area contributed by atoms with Crippen LogP contribution in [0.5, 0.6) is 11.5 Å². The second-order valence-corrected chi connectivity index (χ2v) is 5.35. The van der Waals surface area contributed by atoms with Gasteiger partial charge in [0.1, 0.15) is 0 Å². The Morgan fingerprint density at radius 2 is 1.95 bits per heavy atom. The number of ether oxygens (including phenoxy) is 2. The molecular weight excluding hydrogens is 266 g/mol. The van der Waals surface area contributed by atoms with Crippen LogP contribution in [0.2, 0.25) is 0 Å². The molecule has 0 radical (unpaired) electrons. The Balaban J connectivity index is 1.69. The molecule has 2 aromatic rings. The summed E-state index contributed by atoms with van der Waals surface area (Å²) in [6, 6.07) is 6.55. The summed E-state index contributed by atoms with van der Waals surface area (Å²) in [5.41, 5.74) is 2.39. The molecule has 1 aliphatic rings. The fourth-order valence-electron chi connectivity index (χ4n) is 2.53. The van der Waals surface area contributed by atoms with Crippen molar-refractivity contribution in [3.05, 3.63) is 41.7 Å². The summed E-state index contributed by atoms with van der Waals surface area (Å²) in [7, 11) is 0. The van der Waals surface area contributed by atoms with E-state index < -0.39 is 0 Å². The molecule has 5 heteroatoms. The van der Waals surface area contributed by atoms with Gasteiger partial charge < -0.3 is 14.8 Å². The van der Waals surface area contributed by atoms with E-state index in [1.807, 2.05) is 23.0 Å². The predicted octanol–water partition coefficient (Wildman–Crippen LogP) is 3.04. The van der Waals surface area contributed by atoms with Crippen molar-refractivity contribution in [2.24, 2.45) is 0 Å². The van der Waals surface area contributed by atoms with Gasteiger partial charge in [0, 0.05) is 30.4 Å². The normalized spacial score (nSPS) is 16.0. The number of hydrogen-bond donors (Lipinski definition) is 1. The lowest BCUT2D eigenvalue weighted by atomic mass is 10.1. The third kappa shape index (κ3) is 2.88. The lowest BCUT2D eigenvalue weighted by Gasteiger charge is -2.19. The summed E-state index contributed by atoms with van der Waals surface area (Å²) in [5, 5.41) is 7.91. The van der Waals surface area contributed by atoms with Crippen molar-refractivity contribution in [1.29, 1.82) is 0 Å². The van der Waals surface area contributed by atoms with Crippen molar-refractivity contribution >= 4 is 0 Å². The van der Waals surface area contributed by atoms with E-state index >= 15 is 0 Å². The molecule has 2 unspecified atom stereocenters. The zero-order chi connectivity index (χ0) is 14.8. The fraction of sp³-hybridized carbons (Fsp3) is 0.438. The van der Waals surface area contributed by atoms with Crippen molar-refractivity contribution in [3.63, 3.8) is 0 Å². The molecule has 0 aliphatic carbocycles. The van der Waals surface area contributed by atoms with Crippen molar-refractivity contribution < 1.29 is 9.47 Å². The molecule has 3 rings (SSSR count). The van der Waals surface area contributed by atoms with Crippen LogP contribution in [0.1, 0.15) is 44.0 Å². The molecule has 0 bridgehead atoms. The molecule has 0 amide bonds. The average molecular weight is 287 g/mol. The van der Waals surface area contributed by atoms with Gasteiger partial charge in [-0.2, -0.15) is 5.10 Å². The molecule has 1 aliphatic heterocycles. The number of aromatic nitrogens is 2.